The first-order valence-electron chi connectivity index (χ1n) is 7.74. The fourth-order valence-corrected chi connectivity index (χ4v) is 3.79. The Balaban J connectivity index is 2.46. The summed E-state index contributed by atoms with van der Waals surface area (Å²) in [5, 5.41) is 3.65. The summed E-state index contributed by atoms with van der Waals surface area (Å²) in [5.74, 6) is 0. The van der Waals surface area contributed by atoms with E-state index in [1.807, 2.05) is 13.8 Å². The molecule has 114 valence electrons. The van der Waals surface area contributed by atoms with Gasteiger partial charge >= 0.3 is 0 Å². The van der Waals surface area contributed by atoms with Crippen molar-refractivity contribution in [1.29, 1.82) is 0 Å². The third-order valence-electron chi connectivity index (χ3n) is 3.83. The van der Waals surface area contributed by atoms with E-state index >= 15 is 0 Å². The van der Waals surface area contributed by atoms with E-state index < -0.39 is 0 Å². The maximum absolute atomic E-state index is 5.59. The molecule has 0 aliphatic heterocycles. The smallest absolute Gasteiger partial charge is 0.169 e. The van der Waals surface area contributed by atoms with Crippen molar-refractivity contribution >= 4 is 0 Å². The monoisotopic (exact) mass is 271 g/mol. The molecule has 0 heterocycles. The van der Waals surface area contributed by atoms with Crippen LogP contribution < -0.4 is 5.32 Å². The van der Waals surface area contributed by atoms with Gasteiger partial charge in [-0.2, -0.15) is 0 Å². The highest BCUT2D eigenvalue weighted by Gasteiger charge is 2.38. The van der Waals surface area contributed by atoms with Gasteiger partial charge in [-0.1, -0.05) is 27.7 Å². The van der Waals surface area contributed by atoms with Crippen molar-refractivity contribution in [3.8, 4) is 0 Å². The second kappa shape index (κ2) is 7.05. The summed E-state index contributed by atoms with van der Waals surface area (Å²) in [6.45, 7) is 15.7. The predicted molar refractivity (Wildman–Crippen MR) is 80.2 cm³/mol. The van der Waals surface area contributed by atoms with Crippen molar-refractivity contribution in [2.75, 3.05) is 19.8 Å². The number of hydrogen-bond donors (Lipinski definition) is 1. The van der Waals surface area contributed by atoms with Crippen LogP contribution in [0.5, 0.6) is 0 Å². The molecule has 0 radical (unpaired) electrons. The van der Waals surface area contributed by atoms with E-state index in [2.05, 4.69) is 33.0 Å². The zero-order valence-corrected chi connectivity index (χ0v) is 13.7. The average Bonchev–Trinajstić information content (AvgIpc) is 2.22. The highest BCUT2D eigenvalue weighted by atomic mass is 16.7. The summed E-state index contributed by atoms with van der Waals surface area (Å²) in [6, 6.07) is 0.571. The average molecular weight is 271 g/mol. The fourth-order valence-electron chi connectivity index (χ4n) is 3.79. The molecular weight excluding hydrogens is 238 g/mol. The SMILES string of the molecule is CCOC(CNC1CC(C)(C)CC(C)(C)C1)OCC. The van der Waals surface area contributed by atoms with Crippen molar-refractivity contribution in [2.24, 2.45) is 10.8 Å². The molecular formula is C16H33NO2. The van der Waals surface area contributed by atoms with E-state index in [-0.39, 0.29) is 6.29 Å². The van der Waals surface area contributed by atoms with E-state index in [4.69, 9.17) is 9.47 Å². The van der Waals surface area contributed by atoms with Gasteiger partial charge in [0.2, 0.25) is 0 Å². The van der Waals surface area contributed by atoms with Gasteiger partial charge < -0.3 is 14.8 Å². The number of rotatable bonds is 7. The normalized spacial score (nSPS) is 22.9. The molecule has 0 aromatic carbocycles. The van der Waals surface area contributed by atoms with Gasteiger partial charge in [-0.15, -0.1) is 0 Å². The van der Waals surface area contributed by atoms with Crippen LogP contribution in [0.4, 0.5) is 0 Å². The third-order valence-corrected chi connectivity index (χ3v) is 3.83. The first-order valence-corrected chi connectivity index (χ1v) is 7.74. The van der Waals surface area contributed by atoms with Crippen LogP contribution in [-0.4, -0.2) is 32.1 Å². The minimum atomic E-state index is -0.108. The van der Waals surface area contributed by atoms with Crippen LogP contribution in [0.2, 0.25) is 0 Å². The minimum absolute atomic E-state index is 0.108. The van der Waals surface area contributed by atoms with Gasteiger partial charge in [-0.25, -0.2) is 0 Å². The largest absolute Gasteiger partial charge is 0.352 e. The van der Waals surface area contributed by atoms with E-state index in [0.717, 1.165) is 6.54 Å². The molecule has 0 unspecified atom stereocenters. The van der Waals surface area contributed by atoms with Crippen molar-refractivity contribution in [3.63, 3.8) is 0 Å². The second-order valence-corrected chi connectivity index (χ2v) is 7.36. The zero-order valence-electron chi connectivity index (χ0n) is 13.7. The summed E-state index contributed by atoms with van der Waals surface area (Å²) in [7, 11) is 0. The number of ether oxygens (including phenoxy) is 2. The molecule has 1 aliphatic rings. The first kappa shape index (κ1) is 16.9. The maximum atomic E-state index is 5.59. The lowest BCUT2D eigenvalue weighted by Crippen LogP contribution is -2.46. The molecule has 1 saturated carbocycles. The molecule has 19 heavy (non-hydrogen) atoms. The Morgan fingerprint density at radius 1 is 1.00 bits per heavy atom. The summed E-state index contributed by atoms with van der Waals surface area (Å²) in [6.07, 6.45) is 3.67. The second-order valence-electron chi connectivity index (χ2n) is 7.36. The molecule has 0 bridgehead atoms. The van der Waals surface area contributed by atoms with E-state index in [9.17, 15) is 0 Å². The molecule has 1 N–H and O–H groups in total. The standard InChI is InChI=1S/C16H33NO2/c1-7-18-14(19-8-2)11-17-13-9-15(3,4)12-16(5,6)10-13/h13-14,17H,7-12H2,1-6H3. The fraction of sp³-hybridized carbons (Fsp3) is 1.00. The molecule has 3 heteroatoms. The van der Waals surface area contributed by atoms with E-state index in [1.165, 1.54) is 19.3 Å². The molecule has 0 atom stereocenters. The Labute approximate surface area is 119 Å². The zero-order chi connectivity index (χ0) is 14.5. The van der Waals surface area contributed by atoms with Gasteiger partial charge in [0.1, 0.15) is 0 Å². The first-order chi connectivity index (χ1) is 8.78. The lowest BCUT2D eigenvalue weighted by Gasteiger charge is -2.45. The third kappa shape index (κ3) is 6.24. The molecule has 1 fully saturated rings. The van der Waals surface area contributed by atoms with Crippen molar-refractivity contribution < 1.29 is 9.47 Å². The lowest BCUT2D eigenvalue weighted by atomic mass is 9.63. The van der Waals surface area contributed by atoms with Gasteiger partial charge in [-0.05, 0) is 43.9 Å². The summed E-state index contributed by atoms with van der Waals surface area (Å²) in [5.41, 5.74) is 0.846. The van der Waals surface area contributed by atoms with Crippen molar-refractivity contribution in [2.45, 2.75) is 73.1 Å². The van der Waals surface area contributed by atoms with Crippen molar-refractivity contribution in [1.82, 2.24) is 5.32 Å². The van der Waals surface area contributed by atoms with Gasteiger partial charge in [-0.3, -0.25) is 0 Å². The molecule has 0 aromatic rings. The van der Waals surface area contributed by atoms with Crippen LogP contribution in [0.1, 0.15) is 60.8 Å². The van der Waals surface area contributed by atoms with Gasteiger partial charge in [0.25, 0.3) is 0 Å². The predicted octanol–water partition coefficient (Wildman–Crippen LogP) is 3.58. The molecule has 0 aromatic heterocycles. The number of nitrogens with one attached hydrogen (secondary N) is 1. The van der Waals surface area contributed by atoms with E-state index in [0.29, 0.717) is 30.1 Å². The summed E-state index contributed by atoms with van der Waals surface area (Å²) in [4.78, 5) is 0. The molecule has 0 amide bonds. The van der Waals surface area contributed by atoms with Gasteiger partial charge in [0, 0.05) is 25.8 Å². The molecule has 3 nitrogen and oxygen atoms in total. The Morgan fingerprint density at radius 2 is 1.47 bits per heavy atom. The van der Waals surface area contributed by atoms with Crippen LogP contribution in [0, 0.1) is 10.8 Å². The number of hydrogen-bond acceptors (Lipinski definition) is 3. The molecule has 1 rings (SSSR count). The van der Waals surface area contributed by atoms with Gasteiger partial charge in [0.05, 0.1) is 0 Å². The Morgan fingerprint density at radius 3 is 1.89 bits per heavy atom. The Hall–Kier alpha value is -0.120. The Kier molecular flexibility index (Phi) is 6.28. The maximum Gasteiger partial charge on any atom is 0.169 e. The van der Waals surface area contributed by atoms with Crippen LogP contribution in [0.3, 0.4) is 0 Å². The minimum Gasteiger partial charge on any atom is -0.352 e. The van der Waals surface area contributed by atoms with Crippen molar-refractivity contribution in [3.05, 3.63) is 0 Å². The van der Waals surface area contributed by atoms with Crippen LogP contribution >= 0.6 is 0 Å². The topological polar surface area (TPSA) is 30.5 Å². The quantitative estimate of drug-likeness (QED) is 0.718. The van der Waals surface area contributed by atoms with Crippen LogP contribution in [0.15, 0.2) is 0 Å². The van der Waals surface area contributed by atoms with Crippen LogP contribution in [0.25, 0.3) is 0 Å². The summed E-state index contributed by atoms with van der Waals surface area (Å²) < 4.78 is 11.2. The highest BCUT2D eigenvalue weighted by molar-refractivity contribution is 4.92. The van der Waals surface area contributed by atoms with Gasteiger partial charge in [0.15, 0.2) is 6.29 Å². The lowest BCUT2D eigenvalue weighted by molar-refractivity contribution is -0.135. The van der Waals surface area contributed by atoms with E-state index in [1.54, 1.807) is 0 Å². The summed E-state index contributed by atoms with van der Waals surface area (Å²) >= 11 is 0. The molecule has 0 saturated heterocycles. The Bertz CT molecular complexity index is 241. The van der Waals surface area contributed by atoms with Crippen LogP contribution in [-0.2, 0) is 9.47 Å². The molecule has 0 spiro atoms. The highest BCUT2D eigenvalue weighted by Crippen LogP contribution is 2.45. The molecule has 1 aliphatic carbocycles.